The summed E-state index contributed by atoms with van der Waals surface area (Å²) in [6, 6.07) is 39.6. The summed E-state index contributed by atoms with van der Waals surface area (Å²) in [6.07, 6.45) is 6.24. The van der Waals surface area contributed by atoms with Gasteiger partial charge in [0.2, 0.25) is 0 Å². The highest BCUT2D eigenvalue weighted by molar-refractivity contribution is 6.12. The molecule has 0 fully saturated rings. The van der Waals surface area contributed by atoms with Crippen LogP contribution in [0.15, 0.2) is 130 Å². The molecule has 5 nitrogen and oxygen atoms in total. The fourth-order valence-corrected chi connectivity index (χ4v) is 7.03. The number of para-hydroxylation sites is 1. The number of hydrogen-bond acceptors (Lipinski definition) is 5. The molecule has 1 aliphatic carbocycles. The van der Waals surface area contributed by atoms with Crippen molar-refractivity contribution in [1.29, 1.82) is 0 Å². The highest BCUT2D eigenvalue weighted by Crippen LogP contribution is 2.40. The van der Waals surface area contributed by atoms with Gasteiger partial charge in [-0.15, -0.1) is 0 Å². The molecule has 9 aromatic rings. The molecule has 0 bridgehead atoms. The first-order valence-corrected chi connectivity index (χ1v) is 15.6. The van der Waals surface area contributed by atoms with Crippen LogP contribution in [0.1, 0.15) is 17.7 Å². The normalized spacial score (nSPS) is 13.0. The molecule has 10 rings (SSSR count). The number of fused-ring (bicyclic) bond motifs is 9. The Morgan fingerprint density at radius 1 is 0.500 bits per heavy atom. The highest BCUT2D eigenvalue weighted by Gasteiger charge is 2.22. The number of aryl methyl sites for hydroxylation is 1. The van der Waals surface area contributed by atoms with E-state index in [1.54, 1.807) is 0 Å². The van der Waals surface area contributed by atoms with Crippen LogP contribution in [0.4, 0.5) is 0 Å². The van der Waals surface area contributed by atoms with E-state index in [1.807, 2.05) is 42.5 Å². The number of aromatic nitrogens is 3. The summed E-state index contributed by atoms with van der Waals surface area (Å²) in [5, 5.41) is 7.80. The average Bonchev–Trinajstić information content (AvgIpc) is 3.70. The van der Waals surface area contributed by atoms with Crippen molar-refractivity contribution in [3.63, 3.8) is 0 Å². The number of furan rings is 2. The standard InChI is InChI=1S/C41H25N3O2/c1-2-10-27-24(9-1)19-20-25-21-22-26(23-32(25)27)39-42-40(30-13-7-17-35-37(30)28-11-3-5-15-33(28)45-35)44-41(43-39)31-14-8-18-36-38(31)29-12-4-6-16-34(29)46-36/h1-5,7-15,17-23H,6,16H2. The Balaban J connectivity index is 1.28. The number of nitrogens with zero attached hydrogens (tertiary/aromatic N) is 3. The van der Waals surface area contributed by atoms with Crippen molar-refractivity contribution in [2.24, 2.45) is 0 Å². The second kappa shape index (κ2) is 9.71. The SMILES string of the molecule is C1=Cc2c(oc3cccc(-c4nc(-c5ccc6ccc7ccccc7c6c5)nc(-c5cccc6oc7ccccc7c56)n4)c23)CC1. The van der Waals surface area contributed by atoms with Gasteiger partial charge in [0.15, 0.2) is 17.5 Å². The predicted octanol–water partition coefficient (Wildman–Crippen LogP) is 10.8. The van der Waals surface area contributed by atoms with Gasteiger partial charge in [0.25, 0.3) is 0 Å². The molecule has 0 spiro atoms. The van der Waals surface area contributed by atoms with Crippen molar-refractivity contribution in [3.8, 4) is 34.2 Å². The van der Waals surface area contributed by atoms with Crippen LogP contribution in [0.3, 0.4) is 0 Å². The number of rotatable bonds is 3. The molecular formula is C41H25N3O2. The van der Waals surface area contributed by atoms with Gasteiger partial charge in [-0.25, -0.2) is 15.0 Å². The quantitative estimate of drug-likeness (QED) is 0.191. The van der Waals surface area contributed by atoms with E-state index in [2.05, 4.69) is 84.9 Å². The lowest BCUT2D eigenvalue weighted by molar-refractivity contribution is 0.546. The third kappa shape index (κ3) is 3.78. The van der Waals surface area contributed by atoms with Gasteiger partial charge in [0.05, 0.1) is 0 Å². The van der Waals surface area contributed by atoms with Crippen LogP contribution >= 0.6 is 0 Å². The minimum absolute atomic E-state index is 0.597. The molecule has 1 aliphatic rings. The van der Waals surface area contributed by atoms with Gasteiger partial charge in [0.1, 0.15) is 22.5 Å². The summed E-state index contributed by atoms with van der Waals surface area (Å²) < 4.78 is 12.6. The lowest BCUT2D eigenvalue weighted by atomic mass is 9.98. The van der Waals surface area contributed by atoms with Gasteiger partial charge in [-0.1, -0.05) is 103 Å². The highest BCUT2D eigenvalue weighted by atomic mass is 16.3. The van der Waals surface area contributed by atoms with E-state index >= 15 is 0 Å². The molecular weight excluding hydrogens is 566 g/mol. The second-order valence-electron chi connectivity index (χ2n) is 11.9. The van der Waals surface area contributed by atoms with Crippen molar-refractivity contribution in [2.45, 2.75) is 12.8 Å². The van der Waals surface area contributed by atoms with Crippen LogP contribution in [0.5, 0.6) is 0 Å². The Kier molecular flexibility index (Phi) is 5.34. The number of hydrogen-bond donors (Lipinski definition) is 0. The van der Waals surface area contributed by atoms with Gasteiger partial charge in [0, 0.05) is 44.8 Å². The largest absolute Gasteiger partial charge is 0.460 e. The Morgan fingerprint density at radius 2 is 1.15 bits per heavy atom. The summed E-state index contributed by atoms with van der Waals surface area (Å²) in [6.45, 7) is 0. The van der Waals surface area contributed by atoms with Gasteiger partial charge in [-0.2, -0.15) is 0 Å². The smallest absolute Gasteiger partial charge is 0.164 e. The topological polar surface area (TPSA) is 65.0 Å². The summed E-state index contributed by atoms with van der Waals surface area (Å²) in [5.74, 6) is 2.83. The van der Waals surface area contributed by atoms with Crippen LogP contribution in [0, 0.1) is 0 Å². The zero-order chi connectivity index (χ0) is 30.2. The van der Waals surface area contributed by atoms with Gasteiger partial charge in [-0.3, -0.25) is 0 Å². The predicted molar refractivity (Wildman–Crippen MR) is 186 cm³/mol. The maximum Gasteiger partial charge on any atom is 0.164 e. The van der Waals surface area contributed by atoms with Crippen LogP contribution in [-0.2, 0) is 6.42 Å². The molecule has 3 aromatic heterocycles. The second-order valence-corrected chi connectivity index (χ2v) is 11.9. The minimum Gasteiger partial charge on any atom is -0.460 e. The molecule has 0 saturated carbocycles. The molecule has 3 heterocycles. The van der Waals surface area contributed by atoms with Crippen molar-refractivity contribution >= 4 is 60.5 Å². The molecule has 5 heteroatoms. The van der Waals surface area contributed by atoms with Crippen molar-refractivity contribution in [1.82, 2.24) is 15.0 Å². The minimum atomic E-state index is 0.597. The Bertz CT molecular complexity index is 2710. The van der Waals surface area contributed by atoms with E-state index in [0.717, 1.165) is 79.1 Å². The molecule has 0 N–H and O–H groups in total. The van der Waals surface area contributed by atoms with E-state index in [-0.39, 0.29) is 0 Å². The van der Waals surface area contributed by atoms with Crippen molar-refractivity contribution < 1.29 is 8.83 Å². The zero-order valence-corrected chi connectivity index (χ0v) is 24.7. The van der Waals surface area contributed by atoms with E-state index in [1.165, 1.54) is 16.2 Å². The lowest BCUT2D eigenvalue weighted by Gasteiger charge is -2.11. The van der Waals surface area contributed by atoms with E-state index < -0.39 is 0 Å². The first-order chi connectivity index (χ1) is 22.8. The van der Waals surface area contributed by atoms with Gasteiger partial charge in [-0.05, 0) is 52.2 Å². The fraction of sp³-hybridized carbons (Fsp3) is 0.0488. The Hall–Kier alpha value is -6.07. The molecule has 6 aromatic carbocycles. The maximum atomic E-state index is 6.33. The fourth-order valence-electron chi connectivity index (χ4n) is 7.03. The maximum absolute atomic E-state index is 6.33. The molecule has 0 radical (unpaired) electrons. The van der Waals surface area contributed by atoms with Crippen molar-refractivity contribution in [3.05, 3.63) is 133 Å². The number of allylic oxidation sites excluding steroid dienone is 1. The molecule has 216 valence electrons. The molecule has 0 atom stereocenters. The number of benzene rings is 6. The molecule has 0 saturated heterocycles. The Labute approximate surface area is 263 Å². The monoisotopic (exact) mass is 591 g/mol. The summed E-state index contributed by atoms with van der Waals surface area (Å²) in [5.41, 5.74) is 6.35. The van der Waals surface area contributed by atoms with Crippen LogP contribution in [0.2, 0.25) is 0 Å². The van der Waals surface area contributed by atoms with E-state index in [9.17, 15) is 0 Å². The summed E-state index contributed by atoms with van der Waals surface area (Å²) in [4.78, 5) is 15.6. The van der Waals surface area contributed by atoms with E-state index in [0.29, 0.717) is 17.5 Å². The molecule has 0 amide bonds. The third-order valence-corrected chi connectivity index (χ3v) is 9.18. The van der Waals surface area contributed by atoms with Gasteiger partial charge >= 0.3 is 0 Å². The first-order valence-electron chi connectivity index (χ1n) is 15.6. The van der Waals surface area contributed by atoms with Gasteiger partial charge < -0.3 is 8.83 Å². The zero-order valence-electron chi connectivity index (χ0n) is 24.7. The molecule has 46 heavy (non-hydrogen) atoms. The molecule has 0 unspecified atom stereocenters. The average molecular weight is 592 g/mol. The lowest BCUT2D eigenvalue weighted by Crippen LogP contribution is -2.01. The summed E-state index contributed by atoms with van der Waals surface area (Å²) >= 11 is 0. The van der Waals surface area contributed by atoms with Crippen LogP contribution in [0.25, 0.3) is 94.7 Å². The third-order valence-electron chi connectivity index (χ3n) is 9.18. The van der Waals surface area contributed by atoms with Crippen LogP contribution < -0.4 is 0 Å². The van der Waals surface area contributed by atoms with Crippen molar-refractivity contribution in [2.75, 3.05) is 0 Å². The first kappa shape index (κ1) is 25.3. The Morgan fingerprint density at radius 3 is 2.00 bits per heavy atom. The molecule has 0 aliphatic heterocycles. The van der Waals surface area contributed by atoms with E-state index in [4.69, 9.17) is 23.8 Å². The van der Waals surface area contributed by atoms with Crippen LogP contribution in [-0.4, -0.2) is 15.0 Å². The summed E-state index contributed by atoms with van der Waals surface area (Å²) in [7, 11) is 0.